The van der Waals surface area contributed by atoms with Gasteiger partial charge in [-0.1, -0.05) is 42.0 Å². The largest absolute Gasteiger partial charge is 0.505 e. The fourth-order valence-electron chi connectivity index (χ4n) is 3.33. The quantitative estimate of drug-likeness (QED) is 0.170. The molecule has 182 valence electrons. The zero-order chi connectivity index (χ0) is 25.2. The van der Waals surface area contributed by atoms with Crippen LogP contribution in [0.15, 0.2) is 78.9 Å². The molecule has 0 unspecified atom stereocenters. The van der Waals surface area contributed by atoms with Gasteiger partial charge in [0.2, 0.25) is 5.91 Å². The first-order chi connectivity index (χ1) is 16.8. The second-order valence-electron chi connectivity index (χ2n) is 8.01. The predicted octanol–water partition coefficient (Wildman–Crippen LogP) is 6.08. The van der Waals surface area contributed by atoms with E-state index in [9.17, 15) is 19.1 Å². The van der Waals surface area contributed by atoms with Gasteiger partial charge in [-0.2, -0.15) is 0 Å². The normalized spacial score (nSPS) is 11.7. The summed E-state index contributed by atoms with van der Waals surface area (Å²) in [6.07, 6.45) is 3.15. The summed E-state index contributed by atoms with van der Waals surface area (Å²) in [6.45, 7) is 1.94. The van der Waals surface area contributed by atoms with Crippen LogP contribution in [0.1, 0.15) is 36.5 Å². The highest BCUT2D eigenvalue weighted by Gasteiger charge is 2.18. The number of halogens is 1. The van der Waals surface area contributed by atoms with Crippen LogP contribution in [0.4, 0.5) is 26.2 Å². The lowest BCUT2D eigenvalue weighted by molar-refractivity contribution is -0.111. The third kappa shape index (κ3) is 7.89. The fourth-order valence-corrected chi connectivity index (χ4v) is 3.33. The maximum atomic E-state index is 13.9. The fraction of sp³-hybridized carbons (Fsp3) is 0.185. The van der Waals surface area contributed by atoms with Gasteiger partial charge in [0.05, 0.1) is 11.4 Å². The van der Waals surface area contributed by atoms with E-state index in [2.05, 4.69) is 10.6 Å². The monoisotopic (exact) mass is 477 g/mol. The second kappa shape index (κ2) is 12.2. The van der Waals surface area contributed by atoms with Gasteiger partial charge < -0.3 is 20.9 Å². The maximum Gasteiger partial charge on any atom is 0.412 e. The highest BCUT2D eigenvalue weighted by Crippen LogP contribution is 2.28. The SMILES string of the molecule is Cc1ccc(NC(=O)O[C@@H](CCC/C=C/C(=O)Nc2ccccc2N)c2ccc(O)c(F)c2)cc1. The molecule has 0 bridgehead atoms. The van der Waals surface area contributed by atoms with Crippen molar-refractivity contribution in [3.05, 3.63) is 95.8 Å². The molecular weight excluding hydrogens is 449 g/mol. The van der Waals surface area contributed by atoms with Gasteiger partial charge in [0.15, 0.2) is 11.6 Å². The number of phenolic OH excluding ortho intramolecular Hbond substituents is 1. The van der Waals surface area contributed by atoms with E-state index in [4.69, 9.17) is 10.5 Å². The number of aryl methyl sites for hydroxylation is 1. The van der Waals surface area contributed by atoms with Crippen LogP contribution in [-0.4, -0.2) is 17.1 Å². The molecule has 1 atom stereocenters. The number of ether oxygens (including phenoxy) is 1. The molecule has 2 amide bonds. The van der Waals surface area contributed by atoms with Crippen LogP contribution in [0.5, 0.6) is 5.75 Å². The number of carbonyl (C=O) groups is 2. The maximum absolute atomic E-state index is 13.9. The number of phenols is 1. The van der Waals surface area contributed by atoms with Crippen LogP contribution in [-0.2, 0) is 9.53 Å². The van der Waals surface area contributed by atoms with Gasteiger partial charge in [0.25, 0.3) is 0 Å². The molecule has 0 aliphatic heterocycles. The molecule has 5 N–H and O–H groups in total. The Bertz CT molecular complexity index is 1200. The Morgan fingerprint density at radius 3 is 2.54 bits per heavy atom. The van der Waals surface area contributed by atoms with Crippen LogP contribution < -0.4 is 16.4 Å². The van der Waals surface area contributed by atoms with E-state index < -0.39 is 23.8 Å². The summed E-state index contributed by atoms with van der Waals surface area (Å²) in [4.78, 5) is 24.6. The molecule has 0 saturated carbocycles. The molecule has 0 heterocycles. The highest BCUT2D eigenvalue weighted by atomic mass is 19.1. The lowest BCUT2D eigenvalue weighted by Gasteiger charge is -2.19. The number of hydrogen-bond donors (Lipinski definition) is 4. The van der Waals surface area contributed by atoms with E-state index in [1.54, 1.807) is 42.5 Å². The molecule has 35 heavy (non-hydrogen) atoms. The summed E-state index contributed by atoms with van der Waals surface area (Å²) >= 11 is 0. The number of rotatable bonds is 9. The average Bonchev–Trinajstić information content (AvgIpc) is 2.83. The lowest BCUT2D eigenvalue weighted by atomic mass is 10.0. The molecule has 3 aromatic rings. The first-order valence-corrected chi connectivity index (χ1v) is 11.2. The van der Waals surface area contributed by atoms with Crippen molar-refractivity contribution in [1.29, 1.82) is 0 Å². The van der Waals surface area contributed by atoms with E-state index in [1.165, 1.54) is 18.2 Å². The van der Waals surface area contributed by atoms with E-state index in [1.807, 2.05) is 19.1 Å². The Hall–Kier alpha value is -4.33. The molecule has 0 saturated heterocycles. The van der Waals surface area contributed by atoms with Gasteiger partial charge in [0, 0.05) is 5.69 Å². The molecule has 0 aromatic heterocycles. The number of nitrogen functional groups attached to an aromatic ring is 1. The Kier molecular flexibility index (Phi) is 8.83. The van der Waals surface area contributed by atoms with Gasteiger partial charge in [-0.15, -0.1) is 0 Å². The molecule has 7 nitrogen and oxygen atoms in total. The minimum atomic E-state index is -0.799. The Labute approximate surface area is 203 Å². The third-order valence-corrected chi connectivity index (χ3v) is 5.22. The van der Waals surface area contributed by atoms with Crippen molar-refractivity contribution in [3.63, 3.8) is 0 Å². The average molecular weight is 478 g/mol. The van der Waals surface area contributed by atoms with Crippen molar-refractivity contribution >= 4 is 29.1 Å². The Morgan fingerprint density at radius 1 is 1.09 bits per heavy atom. The molecule has 0 radical (unpaired) electrons. The zero-order valence-electron chi connectivity index (χ0n) is 19.3. The lowest BCUT2D eigenvalue weighted by Crippen LogP contribution is -2.18. The van der Waals surface area contributed by atoms with E-state index in [0.717, 1.165) is 11.6 Å². The molecule has 3 aromatic carbocycles. The standard InChI is InChI=1S/C27H28FN3O4/c1-18-11-14-20(15-12-18)30-27(34)35-25(19-13-16-24(32)21(28)17-19)9-3-2-4-10-26(33)31-23-8-6-5-7-22(23)29/h4-8,10-17,25,32H,2-3,9,29H2,1H3,(H,30,34)(H,31,33)/b10-4+/t25-/m0/s1. The van der Waals surface area contributed by atoms with Crippen LogP contribution in [0.25, 0.3) is 0 Å². The predicted molar refractivity (Wildman–Crippen MR) is 135 cm³/mol. The number of nitrogens with two attached hydrogens (primary N) is 1. The van der Waals surface area contributed by atoms with Crippen molar-refractivity contribution < 1.29 is 23.8 Å². The van der Waals surface area contributed by atoms with Gasteiger partial charge in [-0.3, -0.25) is 10.1 Å². The molecule has 0 aliphatic carbocycles. The first kappa shape index (κ1) is 25.3. The number of carbonyl (C=O) groups excluding carboxylic acids is 2. The summed E-state index contributed by atoms with van der Waals surface area (Å²) in [5, 5.41) is 14.9. The van der Waals surface area contributed by atoms with Crippen LogP contribution >= 0.6 is 0 Å². The number of para-hydroxylation sites is 2. The summed E-state index contributed by atoms with van der Waals surface area (Å²) in [7, 11) is 0. The van der Waals surface area contributed by atoms with Crippen molar-refractivity contribution in [2.45, 2.75) is 32.3 Å². The van der Waals surface area contributed by atoms with Crippen molar-refractivity contribution in [1.82, 2.24) is 0 Å². The van der Waals surface area contributed by atoms with E-state index in [-0.39, 0.29) is 5.91 Å². The number of unbranched alkanes of at least 4 members (excludes halogenated alkanes) is 1. The number of benzene rings is 3. The Morgan fingerprint density at radius 2 is 1.83 bits per heavy atom. The number of nitrogens with one attached hydrogen (secondary N) is 2. The van der Waals surface area contributed by atoms with Crippen LogP contribution in [0, 0.1) is 12.7 Å². The summed E-state index contributed by atoms with van der Waals surface area (Å²) in [5.41, 5.74) is 8.87. The third-order valence-electron chi connectivity index (χ3n) is 5.22. The molecule has 0 fully saturated rings. The number of hydrogen-bond acceptors (Lipinski definition) is 5. The minimum absolute atomic E-state index is 0.311. The van der Waals surface area contributed by atoms with Crippen LogP contribution in [0.2, 0.25) is 0 Å². The van der Waals surface area contributed by atoms with Crippen molar-refractivity contribution in [3.8, 4) is 5.75 Å². The Balaban J connectivity index is 1.57. The van der Waals surface area contributed by atoms with E-state index in [0.29, 0.717) is 41.9 Å². The van der Waals surface area contributed by atoms with Crippen molar-refractivity contribution in [2.24, 2.45) is 0 Å². The van der Waals surface area contributed by atoms with Crippen molar-refractivity contribution in [2.75, 3.05) is 16.4 Å². The molecule has 3 rings (SSSR count). The first-order valence-electron chi connectivity index (χ1n) is 11.2. The van der Waals surface area contributed by atoms with E-state index >= 15 is 0 Å². The smallest absolute Gasteiger partial charge is 0.412 e. The summed E-state index contributed by atoms with van der Waals surface area (Å²) < 4.78 is 19.5. The molecule has 8 heteroatoms. The van der Waals surface area contributed by atoms with Crippen LogP contribution in [0.3, 0.4) is 0 Å². The van der Waals surface area contributed by atoms with Gasteiger partial charge in [-0.25, -0.2) is 9.18 Å². The van der Waals surface area contributed by atoms with Gasteiger partial charge in [-0.05, 0) is 74.2 Å². The topological polar surface area (TPSA) is 114 Å². The molecule has 0 aliphatic rings. The zero-order valence-corrected chi connectivity index (χ0v) is 19.3. The summed E-state index contributed by atoms with van der Waals surface area (Å²) in [6, 6.07) is 18.1. The number of aromatic hydroxyl groups is 1. The minimum Gasteiger partial charge on any atom is -0.505 e. The molecule has 0 spiro atoms. The number of amides is 2. The molecular formula is C27H28FN3O4. The second-order valence-corrected chi connectivity index (χ2v) is 8.01. The number of allylic oxidation sites excluding steroid dienone is 1. The van der Waals surface area contributed by atoms with Gasteiger partial charge >= 0.3 is 6.09 Å². The highest BCUT2D eigenvalue weighted by molar-refractivity contribution is 6.01. The summed E-state index contributed by atoms with van der Waals surface area (Å²) in [5.74, 6) is -1.59. The number of anilines is 3. The van der Waals surface area contributed by atoms with Gasteiger partial charge in [0.1, 0.15) is 6.10 Å².